The number of nitro groups is 1. The van der Waals surface area contributed by atoms with Crippen molar-refractivity contribution in [3.8, 4) is 5.75 Å². The van der Waals surface area contributed by atoms with E-state index >= 15 is 0 Å². The topological polar surface area (TPSA) is 52.4 Å². The lowest BCUT2D eigenvalue weighted by atomic mass is 10.3. The summed E-state index contributed by atoms with van der Waals surface area (Å²) in [5.41, 5.74) is 1.18. The van der Waals surface area contributed by atoms with Gasteiger partial charge in [0.1, 0.15) is 17.4 Å². The maximum Gasteiger partial charge on any atom is 0.288 e. The Morgan fingerprint density at radius 2 is 2.27 bits per heavy atom. The Balaban J connectivity index is 2.77. The molecule has 0 spiro atoms. The number of ether oxygens (including phenoxy) is 1. The fourth-order valence-electron chi connectivity index (χ4n) is 0.906. The molecule has 0 N–H and O–H groups in total. The normalized spacial score (nSPS) is 10.5. The highest BCUT2D eigenvalue weighted by Gasteiger charge is 2.12. The van der Waals surface area contributed by atoms with Crippen LogP contribution in [0.25, 0.3) is 0 Å². The molecule has 0 aromatic heterocycles. The van der Waals surface area contributed by atoms with E-state index in [0.717, 1.165) is 0 Å². The van der Waals surface area contributed by atoms with E-state index < -0.39 is 4.92 Å². The Labute approximate surface area is 96.2 Å². The van der Waals surface area contributed by atoms with Crippen LogP contribution in [-0.4, -0.2) is 11.5 Å². The van der Waals surface area contributed by atoms with Crippen LogP contribution in [0.5, 0.6) is 5.75 Å². The molecule has 0 unspecified atom stereocenters. The molecule has 15 heavy (non-hydrogen) atoms. The molecule has 1 rings (SSSR count). The summed E-state index contributed by atoms with van der Waals surface area (Å²) in [6.07, 6.45) is 1.59. The van der Waals surface area contributed by atoms with Gasteiger partial charge in [0, 0.05) is 17.7 Å². The van der Waals surface area contributed by atoms with Crippen molar-refractivity contribution in [3.63, 3.8) is 0 Å². The minimum absolute atomic E-state index is 0.0485. The third-order valence-electron chi connectivity index (χ3n) is 1.55. The lowest BCUT2D eigenvalue weighted by molar-refractivity contribution is -0.384. The van der Waals surface area contributed by atoms with Crippen LogP contribution in [0.3, 0.4) is 0 Å². The molecule has 1 aromatic rings. The maximum absolute atomic E-state index is 10.4. The zero-order chi connectivity index (χ0) is 11.3. The molecule has 0 aliphatic heterocycles. The van der Waals surface area contributed by atoms with Gasteiger partial charge in [0.05, 0.1) is 4.92 Å². The largest absolute Gasteiger partial charge is 0.489 e. The lowest BCUT2D eigenvalue weighted by Crippen LogP contribution is -1.94. The quantitative estimate of drug-likeness (QED) is 0.606. The number of nitro benzene ring substituents is 1. The van der Waals surface area contributed by atoms with Crippen molar-refractivity contribution >= 4 is 28.9 Å². The number of benzene rings is 1. The van der Waals surface area contributed by atoms with E-state index in [9.17, 15) is 10.1 Å². The summed E-state index contributed by atoms with van der Waals surface area (Å²) in [6.45, 7) is 0.289. The van der Waals surface area contributed by atoms with Crippen molar-refractivity contribution in [2.24, 2.45) is 0 Å². The van der Waals surface area contributed by atoms with E-state index in [1.165, 1.54) is 23.7 Å². The second-order valence-corrected chi connectivity index (χ2v) is 3.20. The summed E-state index contributed by atoms with van der Waals surface area (Å²) in [5.74, 6) is 0.459. The van der Waals surface area contributed by atoms with Gasteiger partial charge in [-0.1, -0.05) is 23.2 Å². The Morgan fingerprint density at radius 3 is 2.80 bits per heavy atom. The first-order valence-corrected chi connectivity index (χ1v) is 4.78. The van der Waals surface area contributed by atoms with Gasteiger partial charge in [0.15, 0.2) is 0 Å². The van der Waals surface area contributed by atoms with Gasteiger partial charge >= 0.3 is 0 Å². The average molecular weight is 248 g/mol. The number of rotatable bonds is 4. The van der Waals surface area contributed by atoms with Gasteiger partial charge in [-0.05, 0) is 12.1 Å². The average Bonchev–Trinajstić information content (AvgIpc) is 2.17. The highest BCUT2D eigenvalue weighted by Crippen LogP contribution is 2.28. The Bertz CT molecular complexity index is 393. The minimum atomic E-state index is -0.551. The van der Waals surface area contributed by atoms with Crippen LogP contribution < -0.4 is 4.74 Å². The fraction of sp³-hybridized carbons (Fsp3) is 0.111. The molecule has 0 amide bonds. The van der Waals surface area contributed by atoms with E-state index in [2.05, 4.69) is 0 Å². The molecular weight excluding hydrogens is 241 g/mol. The van der Waals surface area contributed by atoms with Crippen LogP contribution in [0.2, 0.25) is 5.02 Å². The molecule has 0 fully saturated rings. The van der Waals surface area contributed by atoms with E-state index in [-0.39, 0.29) is 17.3 Å². The molecule has 80 valence electrons. The molecule has 0 bridgehead atoms. The van der Waals surface area contributed by atoms with Gasteiger partial charge < -0.3 is 4.74 Å². The lowest BCUT2D eigenvalue weighted by Gasteiger charge is -2.03. The van der Waals surface area contributed by atoms with Crippen LogP contribution in [-0.2, 0) is 0 Å². The predicted molar refractivity (Wildman–Crippen MR) is 58.6 cm³/mol. The maximum atomic E-state index is 10.4. The first kappa shape index (κ1) is 11.8. The fourth-order valence-corrected chi connectivity index (χ4v) is 1.22. The Hall–Kier alpha value is -1.26. The van der Waals surface area contributed by atoms with Crippen molar-refractivity contribution < 1.29 is 9.66 Å². The zero-order valence-corrected chi connectivity index (χ0v) is 9.03. The van der Waals surface area contributed by atoms with Gasteiger partial charge in [-0.3, -0.25) is 10.1 Å². The molecule has 0 aliphatic rings. The molecule has 1 aromatic carbocycles. The molecule has 0 aliphatic carbocycles. The SMILES string of the molecule is O=[N+]([O-])c1ccc(OCC=CCl)cc1Cl. The minimum Gasteiger partial charge on any atom is -0.489 e. The van der Waals surface area contributed by atoms with Crippen LogP contribution in [0.15, 0.2) is 29.8 Å². The van der Waals surface area contributed by atoms with Gasteiger partial charge in [-0.15, -0.1) is 0 Å². The van der Waals surface area contributed by atoms with Crippen LogP contribution in [0, 0.1) is 10.1 Å². The molecule has 0 saturated carbocycles. The van der Waals surface area contributed by atoms with Gasteiger partial charge in [-0.2, -0.15) is 0 Å². The van der Waals surface area contributed by atoms with Crippen molar-refractivity contribution in [2.75, 3.05) is 6.61 Å². The summed E-state index contributed by atoms with van der Waals surface area (Å²) in [4.78, 5) is 9.89. The summed E-state index contributed by atoms with van der Waals surface area (Å²) < 4.78 is 5.18. The number of hydrogen-bond acceptors (Lipinski definition) is 3. The molecule has 0 radical (unpaired) electrons. The van der Waals surface area contributed by atoms with E-state index in [1.807, 2.05) is 0 Å². The smallest absolute Gasteiger partial charge is 0.288 e. The second-order valence-electron chi connectivity index (χ2n) is 2.54. The number of nitrogens with zero attached hydrogens (tertiary/aromatic N) is 1. The van der Waals surface area contributed by atoms with Crippen molar-refractivity contribution in [1.82, 2.24) is 0 Å². The molecular formula is C9H7Cl2NO3. The summed E-state index contributed by atoms with van der Waals surface area (Å²) in [5, 5.41) is 10.5. The highest BCUT2D eigenvalue weighted by atomic mass is 35.5. The zero-order valence-electron chi connectivity index (χ0n) is 7.52. The first-order chi connectivity index (χ1) is 7.15. The van der Waals surface area contributed by atoms with E-state index in [0.29, 0.717) is 5.75 Å². The highest BCUT2D eigenvalue weighted by molar-refractivity contribution is 6.32. The van der Waals surface area contributed by atoms with Crippen LogP contribution in [0.4, 0.5) is 5.69 Å². The van der Waals surface area contributed by atoms with Gasteiger partial charge in [0.2, 0.25) is 0 Å². The molecule has 4 nitrogen and oxygen atoms in total. The van der Waals surface area contributed by atoms with Crippen molar-refractivity contribution in [3.05, 3.63) is 44.9 Å². The van der Waals surface area contributed by atoms with Gasteiger partial charge in [0.25, 0.3) is 5.69 Å². The third kappa shape index (κ3) is 3.42. The second kappa shape index (κ2) is 5.58. The summed E-state index contributed by atoms with van der Waals surface area (Å²) in [7, 11) is 0. The molecule has 0 saturated heterocycles. The summed E-state index contributed by atoms with van der Waals surface area (Å²) >= 11 is 11.0. The standard InChI is InChI=1S/C9H7Cl2NO3/c10-4-1-5-15-7-2-3-9(12(13)14)8(11)6-7/h1-4,6H,5H2. The van der Waals surface area contributed by atoms with Crippen molar-refractivity contribution in [1.29, 1.82) is 0 Å². The first-order valence-electron chi connectivity index (χ1n) is 3.97. The monoisotopic (exact) mass is 247 g/mol. The summed E-state index contributed by atoms with van der Waals surface area (Å²) in [6, 6.07) is 4.16. The molecule has 0 heterocycles. The number of halogens is 2. The van der Waals surface area contributed by atoms with Crippen LogP contribution >= 0.6 is 23.2 Å². The van der Waals surface area contributed by atoms with Crippen LogP contribution in [0.1, 0.15) is 0 Å². The molecule has 0 atom stereocenters. The van der Waals surface area contributed by atoms with E-state index in [4.69, 9.17) is 27.9 Å². The van der Waals surface area contributed by atoms with E-state index in [1.54, 1.807) is 6.08 Å². The molecule has 6 heteroatoms. The third-order valence-corrected chi connectivity index (χ3v) is 2.03. The van der Waals surface area contributed by atoms with Gasteiger partial charge in [-0.25, -0.2) is 0 Å². The number of hydrogen-bond donors (Lipinski definition) is 0. The Morgan fingerprint density at radius 1 is 1.53 bits per heavy atom. The Kier molecular flexibility index (Phi) is 4.39. The van der Waals surface area contributed by atoms with Crippen molar-refractivity contribution in [2.45, 2.75) is 0 Å². The predicted octanol–water partition coefficient (Wildman–Crippen LogP) is 3.38.